The summed E-state index contributed by atoms with van der Waals surface area (Å²) in [6.45, 7) is -0.0594. The molecule has 0 aliphatic heterocycles. The number of esters is 1. The number of hydrogen-bond acceptors (Lipinski definition) is 4. The van der Waals surface area contributed by atoms with Crippen LogP contribution in [-0.2, 0) is 11.3 Å². The zero-order valence-electron chi connectivity index (χ0n) is 11.2. The maximum absolute atomic E-state index is 13.6. The van der Waals surface area contributed by atoms with Gasteiger partial charge in [0.2, 0.25) is 0 Å². The van der Waals surface area contributed by atoms with Crippen molar-refractivity contribution in [3.05, 3.63) is 58.4 Å². The van der Waals surface area contributed by atoms with E-state index in [0.717, 1.165) is 0 Å². The van der Waals surface area contributed by atoms with Gasteiger partial charge in [0.25, 0.3) is 0 Å². The number of ether oxygens (including phenoxy) is 2. The van der Waals surface area contributed by atoms with E-state index in [2.05, 4.69) is 4.74 Å². The van der Waals surface area contributed by atoms with E-state index in [0.29, 0.717) is 5.56 Å². The molecule has 0 aliphatic rings. The second kappa shape index (κ2) is 6.45. The number of hydrogen-bond donors (Lipinski definition) is 1. The number of nitrogens with two attached hydrogens (primary N) is 1. The third-order valence-electron chi connectivity index (χ3n) is 2.86. The Kier molecular flexibility index (Phi) is 4.65. The molecule has 110 valence electrons. The van der Waals surface area contributed by atoms with E-state index in [4.69, 9.17) is 22.1 Å². The van der Waals surface area contributed by atoms with Gasteiger partial charge in [-0.2, -0.15) is 0 Å². The lowest BCUT2D eigenvalue weighted by atomic mass is 10.1. The largest absolute Gasteiger partial charge is 0.484 e. The molecule has 2 aromatic rings. The zero-order chi connectivity index (χ0) is 15.4. The topological polar surface area (TPSA) is 61.5 Å². The lowest BCUT2D eigenvalue weighted by Crippen LogP contribution is -2.11. The molecule has 6 heteroatoms. The summed E-state index contributed by atoms with van der Waals surface area (Å²) in [5.74, 6) is -1.23. The number of nitrogen functional groups attached to an aromatic ring is 1. The molecule has 0 heterocycles. The second-order valence-corrected chi connectivity index (χ2v) is 4.62. The molecule has 2 rings (SSSR count). The van der Waals surface area contributed by atoms with Crippen molar-refractivity contribution in [2.45, 2.75) is 6.61 Å². The molecule has 21 heavy (non-hydrogen) atoms. The van der Waals surface area contributed by atoms with Gasteiger partial charge in [-0.25, -0.2) is 9.18 Å². The molecule has 0 fully saturated rings. The minimum atomic E-state index is -0.578. The number of rotatable bonds is 4. The third-order valence-corrected chi connectivity index (χ3v) is 3.16. The summed E-state index contributed by atoms with van der Waals surface area (Å²) >= 11 is 5.88. The highest BCUT2D eigenvalue weighted by Gasteiger charge is 2.17. The first kappa shape index (κ1) is 15.1. The van der Waals surface area contributed by atoms with Crippen molar-refractivity contribution in [1.82, 2.24) is 0 Å². The Labute approximate surface area is 126 Å². The van der Waals surface area contributed by atoms with Crippen molar-refractivity contribution >= 4 is 23.3 Å². The van der Waals surface area contributed by atoms with Gasteiger partial charge < -0.3 is 15.2 Å². The molecule has 0 saturated heterocycles. The van der Waals surface area contributed by atoms with Crippen molar-refractivity contribution in [3.63, 3.8) is 0 Å². The van der Waals surface area contributed by atoms with Crippen LogP contribution in [0.2, 0.25) is 5.02 Å². The Morgan fingerprint density at radius 3 is 2.67 bits per heavy atom. The zero-order valence-corrected chi connectivity index (χ0v) is 12.0. The van der Waals surface area contributed by atoms with Crippen LogP contribution in [0.1, 0.15) is 15.9 Å². The van der Waals surface area contributed by atoms with E-state index < -0.39 is 11.8 Å². The molecular weight excluding hydrogens is 297 g/mol. The van der Waals surface area contributed by atoms with Gasteiger partial charge in [-0.15, -0.1) is 0 Å². The van der Waals surface area contributed by atoms with Crippen molar-refractivity contribution in [2.75, 3.05) is 12.8 Å². The molecule has 2 N–H and O–H groups in total. The SMILES string of the molecule is COC(=O)c1c(N)cccc1COc1c(F)cccc1Cl. The highest BCUT2D eigenvalue weighted by Crippen LogP contribution is 2.29. The van der Waals surface area contributed by atoms with Crippen molar-refractivity contribution in [1.29, 1.82) is 0 Å². The van der Waals surface area contributed by atoms with Gasteiger partial charge in [0.1, 0.15) is 6.61 Å². The molecule has 0 bridgehead atoms. The number of carbonyl (C=O) groups is 1. The van der Waals surface area contributed by atoms with E-state index in [1.54, 1.807) is 18.2 Å². The van der Waals surface area contributed by atoms with Crippen LogP contribution in [0, 0.1) is 5.82 Å². The molecule has 0 radical (unpaired) electrons. The van der Waals surface area contributed by atoms with Crippen LogP contribution in [0.25, 0.3) is 0 Å². The Bertz CT molecular complexity index is 656. The van der Waals surface area contributed by atoms with Crippen LogP contribution >= 0.6 is 11.6 Å². The predicted octanol–water partition coefficient (Wildman–Crippen LogP) is 3.43. The minimum absolute atomic E-state index is 0.0594. The molecule has 0 unspecified atom stereocenters. The Balaban J connectivity index is 2.29. The van der Waals surface area contributed by atoms with Crippen LogP contribution in [0.5, 0.6) is 5.75 Å². The van der Waals surface area contributed by atoms with Crippen LogP contribution in [0.15, 0.2) is 36.4 Å². The Morgan fingerprint density at radius 1 is 1.29 bits per heavy atom. The maximum Gasteiger partial charge on any atom is 0.340 e. The molecule has 0 amide bonds. The Hall–Kier alpha value is -2.27. The Morgan fingerprint density at radius 2 is 2.00 bits per heavy atom. The van der Waals surface area contributed by atoms with Gasteiger partial charge in [0.15, 0.2) is 11.6 Å². The van der Waals surface area contributed by atoms with E-state index in [-0.39, 0.29) is 28.6 Å². The van der Waals surface area contributed by atoms with Crippen LogP contribution in [0.4, 0.5) is 10.1 Å². The molecule has 0 aromatic heterocycles. The average Bonchev–Trinajstić information content (AvgIpc) is 2.46. The lowest BCUT2D eigenvalue weighted by Gasteiger charge is -2.13. The first-order chi connectivity index (χ1) is 10.0. The summed E-state index contributed by atoms with van der Waals surface area (Å²) < 4.78 is 23.7. The van der Waals surface area contributed by atoms with Gasteiger partial charge in [-0.1, -0.05) is 29.8 Å². The van der Waals surface area contributed by atoms with E-state index >= 15 is 0 Å². The van der Waals surface area contributed by atoms with Crippen LogP contribution in [-0.4, -0.2) is 13.1 Å². The molecule has 0 spiro atoms. The fraction of sp³-hybridized carbons (Fsp3) is 0.133. The van der Waals surface area contributed by atoms with Gasteiger partial charge in [0.05, 0.1) is 17.7 Å². The van der Waals surface area contributed by atoms with Gasteiger partial charge in [0, 0.05) is 11.3 Å². The fourth-order valence-corrected chi connectivity index (χ4v) is 2.08. The molecule has 4 nitrogen and oxygen atoms in total. The van der Waals surface area contributed by atoms with Gasteiger partial charge in [-0.3, -0.25) is 0 Å². The summed E-state index contributed by atoms with van der Waals surface area (Å²) in [4.78, 5) is 11.7. The number of halogens is 2. The normalized spacial score (nSPS) is 10.2. The van der Waals surface area contributed by atoms with E-state index in [1.807, 2.05) is 0 Å². The fourth-order valence-electron chi connectivity index (χ4n) is 1.86. The third kappa shape index (κ3) is 3.25. The van der Waals surface area contributed by atoms with Gasteiger partial charge in [-0.05, 0) is 18.2 Å². The molecular formula is C15H13ClFNO3. The summed E-state index contributed by atoms with van der Waals surface area (Å²) in [5, 5.41) is 0.151. The van der Waals surface area contributed by atoms with Crippen LogP contribution in [0.3, 0.4) is 0 Å². The molecule has 0 aliphatic carbocycles. The number of benzene rings is 2. The second-order valence-electron chi connectivity index (χ2n) is 4.21. The number of para-hydroxylation sites is 1. The standard InChI is InChI=1S/C15H13ClFNO3/c1-20-15(19)13-9(4-2-7-12(13)18)8-21-14-10(16)5-3-6-11(14)17/h2-7H,8,18H2,1H3. The predicted molar refractivity (Wildman–Crippen MR) is 77.9 cm³/mol. The summed E-state index contributed by atoms with van der Waals surface area (Å²) in [6.07, 6.45) is 0. The van der Waals surface area contributed by atoms with E-state index in [9.17, 15) is 9.18 Å². The van der Waals surface area contributed by atoms with Gasteiger partial charge >= 0.3 is 5.97 Å². The van der Waals surface area contributed by atoms with Crippen LogP contribution < -0.4 is 10.5 Å². The lowest BCUT2D eigenvalue weighted by molar-refractivity contribution is 0.0599. The average molecular weight is 310 g/mol. The summed E-state index contributed by atoms with van der Waals surface area (Å²) in [7, 11) is 1.26. The number of methoxy groups -OCH3 is 1. The van der Waals surface area contributed by atoms with E-state index in [1.165, 1.54) is 25.3 Å². The first-order valence-electron chi connectivity index (χ1n) is 6.07. The van der Waals surface area contributed by atoms with Crippen molar-refractivity contribution in [2.24, 2.45) is 0 Å². The maximum atomic E-state index is 13.6. The first-order valence-corrected chi connectivity index (χ1v) is 6.45. The van der Waals surface area contributed by atoms with Crippen molar-refractivity contribution in [3.8, 4) is 5.75 Å². The number of carbonyl (C=O) groups excluding carboxylic acids is 1. The summed E-state index contributed by atoms with van der Waals surface area (Å²) in [5.41, 5.74) is 6.72. The molecule has 0 atom stereocenters. The number of anilines is 1. The summed E-state index contributed by atoms with van der Waals surface area (Å²) in [6, 6.07) is 9.12. The molecule has 2 aromatic carbocycles. The quantitative estimate of drug-likeness (QED) is 0.694. The van der Waals surface area contributed by atoms with Crippen molar-refractivity contribution < 1.29 is 18.7 Å². The molecule has 0 saturated carbocycles. The highest BCUT2D eigenvalue weighted by atomic mass is 35.5. The monoisotopic (exact) mass is 309 g/mol. The smallest absolute Gasteiger partial charge is 0.340 e. The highest BCUT2D eigenvalue weighted by molar-refractivity contribution is 6.32. The minimum Gasteiger partial charge on any atom is -0.484 e.